The molecule has 1 amide bonds. The van der Waals surface area contributed by atoms with Gasteiger partial charge in [0.2, 0.25) is 5.91 Å². The smallest absolute Gasteiger partial charge is 0.223 e. The van der Waals surface area contributed by atoms with Crippen LogP contribution in [-0.4, -0.2) is 12.5 Å². The Labute approximate surface area is 99.5 Å². The van der Waals surface area contributed by atoms with Crippen LogP contribution in [0.25, 0.3) is 0 Å². The van der Waals surface area contributed by atoms with E-state index in [1.807, 2.05) is 0 Å². The van der Waals surface area contributed by atoms with E-state index in [4.69, 9.17) is 0 Å². The first-order chi connectivity index (χ1) is 7.41. The molecule has 0 aliphatic heterocycles. The van der Waals surface area contributed by atoms with Crippen LogP contribution >= 0.6 is 0 Å². The zero-order valence-electron chi connectivity index (χ0n) is 11.2. The fraction of sp³-hybridized carbons (Fsp3) is 0.786. The molecule has 0 heterocycles. The van der Waals surface area contributed by atoms with E-state index >= 15 is 0 Å². The minimum absolute atomic E-state index is 0.166. The van der Waals surface area contributed by atoms with Gasteiger partial charge in [-0.2, -0.15) is 0 Å². The van der Waals surface area contributed by atoms with Gasteiger partial charge in [-0.05, 0) is 31.1 Å². The molecular formula is C14H25NO. The molecule has 0 unspecified atom stereocenters. The highest BCUT2D eigenvalue weighted by atomic mass is 16.1. The van der Waals surface area contributed by atoms with Gasteiger partial charge in [-0.3, -0.25) is 4.79 Å². The number of allylic oxidation sites excluding steroid dienone is 2. The molecule has 2 nitrogen and oxygen atoms in total. The summed E-state index contributed by atoms with van der Waals surface area (Å²) in [6.07, 6.45) is 3.23. The Balaban J connectivity index is 2.59. The summed E-state index contributed by atoms with van der Waals surface area (Å²) in [6, 6.07) is 0. The van der Waals surface area contributed by atoms with E-state index in [-0.39, 0.29) is 11.8 Å². The van der Waals surface area contributed by atoms with Crippen molar-refractivity contribution in [3.8, 4) is 0 Å². The molecular weight excluding hydrogens is 198 g/mol. The molecule has 92 valence electrons. The van der Waals surface area contributed by atoms with Crippen molar-refractivity contribution < 1.29 is 4.79 Å². The summed E-state index contributed by atoms with van der Waals surface area (Å²) in [7, 11) is 0. The van der Waals surface area contributed by atoms with Crippen molar-refractivity contribution in [2.75, 3.05) is 6.54 Å². The van der Waals surface area contributed by atoms with Gasteiger partial charge in [0.1, 0.15) is 0 Å². The number of amides is 1. The van der Waals surface area contributed by atoms with Crippen LogP contribution in [0.15, 0.2) is 11.6 Å². The number of nitrogens with one attached hydrogen (secondary N) is 1. The lowest BCUT2D eigenvalue weighted by molar-refractivity contribution is -0.127. The van der Waals surface area contributed by atoms with Crippen molar-refractivity contribution in [3.05, 3.63) is 11.6 Å². The monoisotopic (exact) mass is 223 g/mol. The van der Waals surface area contributed by atoms with Crippen molar-refractivity contribution in [1.29, 1.82) is 0 Å². The van der Waals surface area contributed by atoms with E-state index < -0.39 is 0 Å². The van der Waals surface area contributed by atoms with Crippen LogP contribution in [-0.2, 0) is 4.79 Å². The van der Waals surface area contributed by atoms with E-state index in [1.54, 1.807) is 0 Å². The highest BCUT2D eigenvalue weighted by Crippen LogP contribution is 2.33. The Morgan fingerprint density at radius 2 is 2.12 bits per heavy atom. The Bertz CT molecular complexity index is 280. The van der Waals surface area contributed by atoms with Crippen molar-refractivity contribution in [3.63, 3.8) is 0 Å². The van der Waals surface area contributed by atoms with E-state index in [0.29, 0.717) is 17.8 Å². The van der Waals surface area contributed by atoms with Gasteiger partial charge in [-0.1, -0.05) is 39.3 Å². The molecule has 0 radical (unpaired) electrons. The molecule has 0 saturated heterocycles. The summed E-state index contributed by atoms with van der Waals surface area (Å²) < 4.78 is 0. The van der Waals surface area contributed by atoms with Crippen molar-refractivity contribution in [1.82, 2.24) is 5.32 Å². The topological polar surface area (TPSA) is 29.1 Å². The van der Waals surface area contributed by atoms with E-state index in [1.165, 1.54) is 5.57 Å². The van der Waals surface area contributed by atoms with Gasteiger partial charge in [0.15, 0.2) is 0 Å². The predicted octanol–water partition coefficient (Wildman–Crippen LogP) is 3.00. The highest BCUT2D eigenvalue weighted by molar-refractivity contribution is 5.79. The summed E-state index contributed by atoms with van der Waals surface area (Å²) in [5.74, 6) is 1.90. The van der Waals surface area contributed by atoms with Gasteiger partial charge >= 0.3 is 0 Å². The summed E-state index contributed by atoms with van der Waals surface area (Å²) in [5.41, 5.74) is 1.36. The molecule has 3 atom stereocenters. The van der Waals surface area contributed by atoms with E-state index in [0.717, 1.165) is 13.0 Å². The molecule has 0 fully saturated rings. The molecule has 16 heavy (non-hydrogen) atoms. The minimum Gasteiger partial charge on any atom is -0.356 e. The SMILES string of the molecule is CC1=C[C@H](C)[C@@H](C)[C@H](C(=O)NCC(C)C)C1. The lowest BCUT2D eigenvalue weighted by atomic mass is 9.75. The fourth-order valence-electron chi connectivity index (χ4n) is 2.34. The molecule has 0 spiro atoms. The molecule has 0 aromatic rings. The standard InChI is InChI=1S/C14H25NO/c1-9(2)8-15-14(16)13-7-10(3)6-11(4)12(13)5/h6,9,11-13H,7-8H2,1-5H3,(H,15,16)/t11-,12+,13+/m0/s1. The maximum absolute atomic E-state index is 12.1. The number of rotatable bonds is 3. The van der Waals surface area contributed by atoms with Gasteiger partial charge in [0.25, 0.3) is 0 Å². The fourth-order valence-corrected chi connectivity index (χ4v) is 2.34. The molecule has 0 aromatic heterocycles. The number of carbonyl (C=O) groups excluding carboxylic acids is 1. The first-order valence-electron chi connectivity index (χ1n) is 6.36. The maximum atomic E-state index is 12.1. The lowest BCUT2D eigenvalue weighted by Gasteiger charge is -2.31. The Hall–Kier alpha value is -0.790. The van der Waals surface area contributed by atoms with Gasteiger partial charge < -0.3 is 5.32 Å². The van der Waals surface area contributed by atoms with Crippen molar-refractivity contribution >= 4 is 5.91 Å². The lowest BCUT2D eigenvalue weighted by Crippen LogP contribution is -2.39. The molecule has 0 bridgehead atoms. The zero-order chi connectivity index (χ0) is 12.3. The van der Waals surface area contributed by atoms with Gasteiger partial charge in [-0.15, -0.1) is 0 Å². The molecule has 1 aliphatic carbocycles. The first-order valence-corrected chi connectivity index (χ1v) is 6.36. The van der Waals surface area contributed by atoms with Crippen LogP contribution in [0.2, 0.25) is 0 Å². The average Bonchev–Trinajstić information content (AvgIpc) is 2.19. The van der Waals surface area contributed by atoms with Crippen LogP contribution in [0.4, 0.5) is 0 Å². The largest absolute Gasteiger partial charge is 0.356 e. The highest BCUT2D eigenvalue weighted by Gasteiger charge is 2.31. The van der Waals surface area contributed by atoms with E-state index in [9.17, 15) is 4.79 Å². The third-order valence-electron chi connectivity index (χ3n) is 3.57. The summed E-state index contributed by atoms with van der Waals surface area (Å²) in [5, 5.41) is 3.06. The molecule has 2 heteroatoms. The molecule has 1 N–H and O–H groups in total. The molecule has 0 saturated carbocycles. The van der Waals surface area contributed by atoms with Crippen LogP contribution in [0.3, 0.4) is 0 Å². The first kappa shape index (κ1) is 13.3. The summed E-state index contributed by atoms with van der Waals surface area (Å²) in [6.45, 7) is 11.6. The Kier molecular flexibility index (Phi) is 4.57. The predicted molar refractivity (Wildman–Crippen MR) is 68.0 cm³/mol. The summed E-state index contributed by atoms with van der Waals surface area (Å²) in [4.78, 5) is 12.1. The average molecular weight is 223 g/mol. The second-order valence-corrected chi connectivity index (χ2v) is 5.68. The molecule has 1 aliphatic rings. The van der Waals surface area contributed by atoms with Gasteiger partial charge in [-0.25, -0.2) is 0 Å². The third kappa shape index (κ3) is 3.36. The van der Waals surface area contributed by atoms with Gasteiger partial charge in [0, 0.05) is 12.5 Å². The minimum atomic E-state index is 0.166. The second-order valence-electron chi connectivity index (χ2n) is 5.68. The summed E-state index contributed by atoms with van der Waals surface area (Å²) >= 11 is 0. The zero-order valence-corrected chi connectivity index (χ0v) is 11.2. The quantitative estimate of drug-likeness (QED) is 0.732. The number of hydrogen-bond donors (Lipinski definition) is 1. The normalized spacial score (nSPS) is 30.1. The van der Waals surface area contributed by atoms with Crippen molar-refractivity contribution in [2.24, 2.45) is 23.7 Å². The number of carbonyl (C=O) groups is 1. The molecule has 0 aromatic carbocycles. The maximum Gasteiger partial charge on any atom is 0.223 e. The second kappa shape index (κ2) is 5.51. The van der Waals surface area contributed by atoms with Gasteiger partial charge in [0.05, 0.1) is 0 Å². The molecule has 1 rings (SSSR count). The van der Waals surface area contributed by atoms with Crippen LogP contribution in [0.5, 0.6) is 0 Å². The Morgan fingerprint density at radius 3 is 2.69 bits per heavy atom. The number of hydrogen-bond acceptors (Lipinski definition) is 1. The van der Waals surface area contributed by atoms with Crippen LogP contribution < -0.4 is 5.32 Å². The van der Waals surface area contributed by atoms with Crippen LogP contribution in [0.1, 0.15) is 41.0 Å². The van der Waals surface area contributed by atoms with Crippen LogP contribution in [0, 0.1) is 23.7 Å². The third-order valence-corrected chi connectivity index (χ3v) is 3.57. The van der Waals surface area contributed by atoms with E-state index in [2.05, 4.69) is 46.0 Å². The Morgan fingerprint density at radius 1 is 1.50 bits per heavy atom. The van der Waals surface area contributed by atoms with Crippen molar-refractivity contribution in [2.45, 2.75) is 41.0 Å².